The summed E-state index contributed by atoms with van der Waals surface area (Å²) in [5.74, 6) is 0.590. The number of ether oxygens (including phenoxy) is 1. The topological polar surface area (TPSA) is 91.0 Å². The smallest absolute Gasteiger partial charge is 0.134 e. The van der Waals surface area contributed by atoms with Gasteiger partial charge >= 0.3 is 0 Å². The molecule has 6 unspecified atom stereocenters. The third-order valence-corrected chi connectivity index (χ3v) is 4.86. The zero-order chi connectivity index (χ0) is 13.3. The number of hydrogen-bond donors (Lipinski definition) is 4. The van der Waals surface area contributed by atoms with Crippen LogP contribution in [0.3, 0.4) is 0 Å². The molecule has 2 fully saturated rings. The van der Waals surface area contributed by atoms with Crippen molar-refractivity contribution in [2.45, 2.75) is 51.7 Å². The van der Waals surface area contributed by atoms with E-state index in [2.05, 4.69) is 19.2 Å². The molecule has 106 valence electrons. The minimum atomic E-state index is -0.617. The SMILES string of the molecule is CC1CCCC(C)(C(O)NCC2OC2N)C1CO. The molecule has 5 nitrogen and oxygen atoms in total. The normalized spacial score (nSPS) is 45.8. The highest BCUT2D eigenvalue weighted by Crippen LogP contribution is 2.45. The fourth-order valence-corrected chi connectivity index (χ4v) is 3.35. The summed E-state index contributed by atoms with van der Waals surface area (Å²) in [6, 6.07) is 0. The second kappa shape index (κ2) is 5.43. The Morgan fingerprint density at radius 1 is 1.56 bits per heavy atom. The van der Waals surface area contributed by atoms with Gasteiger partial charge in [-0.1, -0.05) is 26.7 Å². The first kappa shape index (κ1) is 14.2. The molecule has 1 aliphatic carbocycles. The monoisotopic (exact) mass is 258 g/mol. The number of hydrogen-bond acceptors (Lipinski definition) is 5. The minimum Gasteiger partial charge on any atom is -0.396 e. The van der Waals surface area contributed by atoms with E-state index in [0.717, 1.165) is 19.3 Å². The average Bonchev–Trinajstić information content (AvgIpc) is 3.02. The second-order valence-corrected chi connectivity index (χ2v) is 6.11. The number of epoxide rings is 1. The summed E-state index contributed by atoms with van der Waals surface area (Å²) < 4.78 is 5.12. The van der Waals surface area contributed by atoms with Crippen LogP contribution in [0.1, 0.15) is 33.1 Å². The third-order valence-electron chi connectivity index (χ3n) is 4.86. The number of rotatable bonds is 5. The van der Waals surface area contributed by atoms with Gasteiger partial charge in [0.2, 0.25) is 0 Å². The Hall–Kier alpha value is -0.200. The van der Waals surface area contributed by atoms with Gasteiger partial charge in [0, 0.05) is 18.6 Å². The van der Waals surface area contributed by atoms with Gasteiger partial charge in [-0.15, -0.1) is 0 Å². The molecule has 0 spiro atoms. The zero-order valence-electron chi connectivity index (χ0n) is 11.3. The Labute approximate surface area is 109 Å². The van der Waals surface area contributed by atoms with E-state index in [0.29, 0.717) is 12.5 Å². The lowest BCUT2D eigenvalue weighted by Crippen LogP contribution is -2.53. The molecule has 0 bridgehead atoms. The largest absolute Gasteiger partial charge is 0.396 e. The van der Waals surface area contributed by atoms with Crippen LogP contribution < -0.4 is 11.1 Å². The molecule has 0 amide bonds. The Kier molecular flexibility index (Phi) is 4.29. The highest BCUT2D eigenvalue weighted by Gasteiger charge is 2.46. The van der Waals surface area contributed by atoms with Crippen molar-refractivity contribution in [2.24, 2.45) is 23.0 Å². The summed E-state index contributed by atoms with van der Waals surface area (Å²) in [7, 11) is 0. The van der Waals surface area contributed by atoms with Crippen LogP contribution in [-0.2, 0) is 4.74 Å². The van der Waals surface area contributed by atoms with Crippen molar-refractivity contribution in [2.75, 3.05) is 13.2 Å². The molecule has 1 saturated heterocycles. The van der Waals surface area contributed by atoms with Crippen molar-refractivity contribution in [1.29, 1.82) is 0 Å². The first-order valence-corrected chi connectivity index (χ1v) is 6.92. The Bertz CT molecular complexity index is 289. The van der Waals surface area contributed by atoms with Crippen molar-refractivity contribution in [3.8, 4) is 0 Å². The van der Waals surface area contributed by atoms with Gasteiger partial charge in [0.05, 0.1) is 0 Å². The van der Waals surface area contributed by atoms with E-state index in [9.17, 15) is 10.2 Å². The van der Waals surface area contributed by atoms with Gasteiger partial charge < -0.3 is 20.7 Å². The van der Waals surface area contributed by atoms with Gasteiger partial charge in [-0.3, -0.25) is 5.32 Å². The maximum absolute atomic E-state index is 10.4. The molecule has 0 aromatic carbocycles. The van der Waals surface area contributed by atoms with Crippen LogP contribution in [0, 0.1) is 17.3 Å². The first-order chi connectivity index (χ1) is 8.49. The van der Waals surface area contributed by atoms with E-state index in [1.165, 1.54) is 0 Å². The predicted octanol–water partition coefficient (Wildman–Crippen LogP) is 0.0128. The van der Waals surface area contributed by atoms with Crippen LogP contribution in [0.5, 0.6) is 0 Å². The molecule has 18 heavy (non-hydrogen) atoms. The van der Waals surface area contributed by atoms with Crippen molar-refractivity contribution < 1.29 is 14.9 Å². The Morgan fingerprint density at radius 2 is 2.22 bits per heavy atom. The van der Waals surface area contributed by atoms with Gasteiger partial charge in [-0.25, -0.2) is 0 Å². The quantitative estimate of drug-likeness (QED) is 0.412. The first-order valence-electron chi connectivity index (χ1n) is 6.92. The van der Waals surface area contributed by atoms with E-state index < -0.39 is 6.23 Å². The molecular weight excluding hydrogens is 232 g/mol. The average molecular weight is 258 g/mol. The van der Waals surface area contributed by atoms with Crippen molar-refractivity contribution in [3.63, 3.8) is 0 Å². The minimum absolute atomic E-state index is 0.0249. The standard InChI is InChI=1S/C13H26N2O3/c1-8-4-3-5-13(2,9(8)7-16)12(17)15-6-10-11(14)18-10/h8-12,15-17H,3-7,14H2,1-2H3. The summed E-state index contributed by atoms with van der Waals surface area (Å²) >= 11 is 0. The summed E-state index contributed by atoms with van der Waals surface area (Å²) in [5, 5.41) is 23.1. The molecule has 2 aliphatic rings. The van der Waals surface area contributed by atoms with Gasteiger partial charge in [0.15, 0.2) is 0 Å². The fourth-order valence-electron chi connectivity index (χ4n) is 3.35. The van der Waals surface area contributed by atoms with Gasteiger partial charge in [0.25, 0.3) is 0 Å². The maximum Gasteiger partial charge on any atom is 0.134 e. The van der Waals surface area contributed by atoms with Crippen LogP contribution >= 0.6 is 0 Å². The summed E-state index contributed by atoms with van der Waals surface area (Å²) in [4.78, 5) is 0. The van der Waals surface area contributed by atoms with Crippen molar-refractivity contribution >= 4 is 0 Å². The van der Waals surface area contributed by atoms with Gasteiger partial charge in [-0.2, -0.15) is 0 Å². The lowest BCUT2D eigenvalue weighted by Gasteiger charge is -2.47. The van der Waals surface area contributed by atoms with Crippen molar-refractivity contribution in [3.05, 3.63) is 0 Å². The zero-order valence-corrected chi connectivity index (χ0v) is 11.3. The summed E-state index contributed by atoms with van der Waals surface area (Å²) in [6.45, 7) is 4.93. The highest BCUT2D eigenvalue weighted by molar-refractivity contribution is 4.94. The highest BCUT2D eigenvalue weighted by atomic mass is 16.6. The summed E-state index contributed by atoms with van der Waals surface area (Å²) in [6.07, 6.45) is 2.40. The molecule has 0 aromatic rings. The number of aliphatic hydroxyl groups is 2. The fraction of sp³-hybridized carbons (Fsp3) is 1.00. The van der Waals surface area contributed by atoms with Gasteiger partial charge in [0.1, 0.15) is 18.6 Å². The molecule has 0 radical (unpaired) electrons. The van der Waals surface area contributed by atoms with Crippen LogP contribution in [0.4, 0.5) is 0 Å². The molecule has 2 rings (SSSR count). The van der Waals surface area contributed by atoms with Crippen LogP contribution in [-0.4, -0.2) is 41.9 Å². The van der Waals surface area contributed by atoms with E-state index >= 15 is 0 Å². The summed E-state index contributed by atoms with van der Waals surface area (Å²) in [5.41, 5.74) is 5.28. The maximum atomic E-state index is 10.4. The van der Waals surface area contributed by atoms with E-state index in [-0.39, 0.29) is 30.3 Å². The van der Waals surface area contributed by atoms with E-state index in [4.69, 9.17) is 10.5 Å². The predicted molar refractivity (Wildman–Crippen MR) is 68.6 cm³/mol. The Morgan fingerprint density at radius 3 is 2.78 bits per heavy atom. The number of aliphatic hydroxyl groups excluding tert-OH is 2. The van der Waals surface area contributed by atoms with Crippen LogP contribution in [0.25, 0.3) is 0 Å². The Balaban J connectivity index is 1.93. The lowest BCUT2D eigenvalue weighted by atomic mass is 9.62. The molecule has 1 heterocycles. The molecular formula is C13H26N2O3. The molecule has 6 atom stereocenters. The lowest BCUT2D eigenvalue weighted by molar-refractivity contribution is -0.0875. The molecule has 1 saturated carbocycles. The van der Waals surface area contributed by atoms with E-state index in [1.54, 1.807) is 0 Å². The number of nitrogens with two attached hydrogens (primary N) is 1. The van der Waals surface area contributed by atoms with E-state index in [1.807, 2.05) is 0 Å². The van der Waals surface area contributed by atoms with Gasteiger partial charge in [-0.05, 0) is 18.3 Å². The molecule has 5 N–H and O–H groups in total. The molecule has 1 aliphatic heterocycles. The van der Waals surface area contributed by atoms with Crippen molar-refractivity contribution in [1.82, 2.24) is 5.32 Å². The molecule has 5 heteroatoms. The van der Waals surface area contributed by atoms with Crippen LogP contribution in [0.2, 0.25) is 0 Å². The van der Waals surface area contributed by atoms with Crippen LogP contribution in [0.15, 0.2) is 0 Å². The second-order valence-electron chi connectivity index (χ2n) is 6.11. The number of nitrogens with one attached hydrogen (secondary N) is 1. The third kappa shape index (κ3) is 2.70. The molecule has 0 aromatic heterocycles.